The SMILES string of the molecule is CNCC1OC1NC(COC)C(C)OC. The molecule has 1 fully saturated rings. The fourth-order valence-electron chi connectivity index (χ4n) is 1.52. The van der Waals surface area contributed by atoms with E-state index in [-0.39, 0.29) is 24.5 Å². The van der Waals surface area contributed by atoms with Gasteiger partial charge in [-0.25, -0.2) is 0 Å². The van der Waals surface area contributed by atoms with E-state index < -0.39 is 0 Å². The average molecular weight is 218 g/mol. The van der Waals surface area contributed by atoms with E-state index in [0.29, 0.717) is 6.61 Å². The minimum atomic E-state index is 0.115. The Morgan fingerprint density at radius 2 is 2.13 bits per heavy atom. The maximum atomic E-state index is 5.44. The Bertz CT molecular complexity index is 180. The summed E-state index contributed by atoms with van der Waals surface area (Å²) in [7, 11) is 5.31. The number of methoxy groups -OCH3 is 2. The van der Waals surface area contributed by atoms with Crippen LogP contribution in [0.3, 0.4) is 0 Å². The van der Waals surface area contributed by atoms with Crippen LogP contribution in [0, 0.1) is 0 Å². The van der Waals surface area contributed by atoms with Crippen molar-refractivity contribution in [2.24, 2.45) is 0 Å². The van der Waals surface area contributed by atoms with Crippen LogP contribution in [0.1, 0.15) is 6.92 Å². The number of rotatable bonds is 8. The van der Waals surface area contributed by atoms with Crippen LogP contribution in [-0.4, -0.2) is 58.9 Å². The third-order valence-electron chi connectivity index (χ3n) is 2.65. The molecule has 0 bridgehead atoms. The molecule has 1 heterocycles. The average Bonchev–Trinajstić information content (AvgIpc) is 2.95. The molecular formula is C10H22N2O3. The minimum absolute atomic E-state index is 0.115. The predicted molar refractivity (Wildman–Crippen MR) is 57.9 cm³/mol. The second kappa shape index (κ2) is 6.40. The van der Waals surface area contributed by atoms with E-state index in [9.17, 15) is 0 Å². The summed E-state index contributed by atoms with van der Waals surface area (Å²) in [6.07, 6.45) is 0.526. The van der Waals surface area contributed by atoms with Gasteiger partial charge < -0.3 is 19.5 Å². The molecular weight excluding hydrogens is 196 g/mol. The Balaban J connectivity index is 2.26. The van der Waals surface area contributed by atoms with Gasteiger partial charge in [0, 0.05) is 20.8 Å². The molecule has 0 aromatic carbocycles. The molecule has 4 unspecified atom stereocenters. The second-order valence-electron chi connectivity index (χ2n) is 3.82. The summed E-state index contributed by atoms with van der Waals surface area (Å²) in [5.74, 6) is 0. The third kappa shape index (κ3) is 4.04. The monoisotopic (exact) mass is 218 g/mol. The van der Waals surface area contributed by atoms with Gasteiger partial charge in [0.25, 0.3) is 0 Å². The van der Waals surface area contributed by atoms with Crippen LogP contribution in [0.2, 0.25) is 0 Å². The zero-order chi connectivity index (χ0) is 11.3. The van der Waals surface area contributed by atoms with Crippen LogP contribution < -0.4 is 10.6 Å². The fourth-order valence-corrected chi connectivity index (χ4v) is 1.52. The topological polar surface area (TPSA) is 55.0 Å². The lowest BCUT2D eigenvalue weighted by Gasteiger charge is -2.22. The van der Waals surface area contributed by atoms with Gasteiger partial charge in [-0.2, -0.15) is 0 Å². The molecule has 5 nitrogen and oxygen atoms in total. The molecule has 2 N–H and O–H groups in total. The molecule has 4 atom stereocenters. The van der Waals surface area contributed by atoms with Gasteiger partial charge in [-0.1, -0.05) is 0 Å². The molecule has 15 heavy (non-hydrogen) atoms. The zero-order valence-corrected chi connectivity index (χ0v) is 9.95. The summed E-state index contributed by atoms with van der Waals surface area (Å²) in [6, 6.07) is 0.173. The normalized spacial score (nSPS) is 28.8. The largest absolute Gasteiger partial charge is 0.383 e. The highest BCUT2D eigenvalue weighted by molar-refractivity contribution is 4.88. The first-order valence-electron chi connectivity index (χ1n) is 5.30. The molecule has 0 amide bonds. The Morgan fingerprint density at radius 1 is 1.40 bits per heavy atom. The summed E-state index contributed by atoms with van der Waals surface area (Å²) >= 11 is 0. The van der Waals surface area contributed by atoms with Crippen molar-refractivity contribution in [2.75, 3.05) is 34.4 Å². The van der Waals surface area contributed by atoms with Gasteiger partial charge >= 0.3 is 0 Å². The first kappa shape index (κ1) is 12.9. The summed E-state index contributed by atoms with van der Waals surface area (Å²) in [5.41, 5.74) is 0. The van der Waals surface area contributed by atoms with Crippen molar-refractivity contribution < 1.29 is 14.2 Å². The fraction of sp³-hybridized carbons (Fsp3) is 1.00. The Hall–Kier alpha value is -0.200. The van der Waals surface area contributed by atoms with E-state index in [2.05, 4.69) is 10.6 Å². The van der Waals surface area contributed by atoms with Crippen molar-refractivity contribution in [3.63, 3.8) is 0 Å². The first-order chi connectivity index (χ1) is 7.22. The molecule has 0 aromatic rings. The number of likely N-dealkylation sites (N-methyl/N-ethyl adjacent to an activating group) is 1. The molecule has 1 aliphatic rings. The number of hydrogen-bond donors (Lipinski definition) is 2. The molecule has 0 spiro atoms. The summed E-state index contributed by atoms with van der Waals surface area (Å²) in [4.78, 5) is 0. The van der Waals surface area contributed by atoms with E-state index in [1.165, 1.54) is 0 Å². The van der Waals surface area contributed by atoms with Gasteiger partial charge in [-0.15, -0.1) is 0 Å². The Labute approximate surface area is 91.5 Å². The molecule has 1 saturated heterocycles. The molecule has 90 valence electrons. The van der Waals surface area contributed by atoms with Gasteiger partial charge in [0.05, 0.1) is 18.8 Å². The molecule has 0 saturated carbocycles. The van der Waals surface area contributed by atoms with E-state index >= 15 is 0 Å². The standard InChI is InChI=1S/C10H22N2O3/c1-7(14-4)8(6-13-3)12-10-9(15-10)5-11-2/h7-12H,5-6H2,1-4H3. The van der Waals surface area contributed by atoms with Crippen molar-refractivity contribution in [3.05, 3.63) is 0 Å². The number of epoxide rings is 1. The number of nitrogens with one attached hydrogen (secondary N) is 2. The van der Waals surface area contributed by atoms with Crippen molar-refractivity contribution in [3.8, 4) is 0 Å². The highest BCUT2D eigenvalue weighted by atomic mass is 16.6. The quantitative estimate of drug-likeness (QED) is 0.541. The maximum absolute atomic E-state index is 5.44. The van der Waals surface area contributed by atoms with Crippen molar-refractivity contribution in [1.82, 2.24) is 10.6 Å². The van der Waals surface area contributed by atoms with Gasteiger partial charge in [-0.05, 0) is 14.0 Å². The van der Waals surface area contributed by atoms with Crippen LogP contribution in [0.4, 0.5) is 0 Å². The van der Waals surface area contributed by atoms with E-state index in [1.807, 2.05) is 14.0 Å². The van der Waals surface area contributed by atoms with Gasteiger partial charge in [-0.3, -0.25) is 5.32 Å². The molecule has 5 heteroatoms. The van der Waals surface area contributed by atoms with Crippen molar-refractivity contribution in [2.45, 2.75) is 31.4 Å². The zero-order valence-electron chi connectivity index (χ0n) is 9.95. The molecule has 0 aliphatic carbocycles. The summed E-state index contributed by atoms with van der Waals surface area (Å²) < 4.78 is 15.9. The van der Waals surface area contributed by atoms with E-state index in [1.54, 1.807) is 14.2 Å². The Kier molecular flexibility index (Phi) is 5.49. The van der Waals surface area contributed by atoms with Gasteiger partial charge in [0.1, 0.15) is 12.3 Å². The van der Waals surface area contributed by atoms with Crippen LogP contribution in [0.5, 0.6) is 0 Å². The van der Waals surface area contributed by atoms with Crippen LogP contribution in [0.15, 0.2) is 0 Å². The maximum Gasteiger partial charge on any atom is 0.136 e. The number of hydrogen-bond acceptors (Lipinski definition) is 5. The van der Waals surface area contributed by atoms with E-state index in [0.717, 1.165) is 6.54 Å². The lowest BCUT2D eigenvalue weighted by Crippen LogP contribution is -2.45. The highest BCUT2D eigenvalue weighted by Crippen LogP contribution is 2.19. The summed E-state index contributed by atoms with van der Waals surface area (Å²) in [5, 5.41) is 6.45. The first-order valence-corrected chi connectivity index (χ1v) is 5.30. The van der Waals surface area contributed by atoms with Gasteiger partial charge in [0.15, 0.2) is 0 Å². The highest BCUT2D eigenvalue weighted by Gasteiger charge is 2.40. The van der Waals surface area contributed by atoms with Crippen molar-refractivity contribution in [1.29, 1.82) is 0 Å². The summed E-state index contributed by atoms with van der Waals surface area (Å²) in [6.45, 7) is 3.52. The third-order valence-corrected chi connectivity index (χ3v) is 2.65. The Morgan fingerprint density at radius 3 is 2.67 bits per heavy atom. The second-order valence-corrected chi connectivity index (χ2v) is 3.82. The number of ether oxygens (including phenoxy) is 3. The van der Waals surface area contributed by atoms with Crippen LogP contribution in [-0.2, 0) is 14.2 Å². The van der Waals surface area contributed by atoms with E-state index in [4.69, 9.17) is 14.2 Å². The minimum Gasteiger partial charge on any atom is -0.383 e. The molecule has 0 aromatic heterocycles. The molecule has 0 radical (unpaired) electrons. The predicted octanol–water partition coefficient (Wildman–Crippen LogP) is -0.430. The molecule has 1 aliphatic heterocycles. The molecule has 1 rings (SSSR count). The lowest BCUT2D eigenvalue weighted by molar-refractivity contribution is 0.0407. The lowest BCUT2D eigenvalue weighted by atomic mass is 10.2. The van der Waals surface area contributed by atoms with Gasteiger partial charge in [0.2, 0.25) is 0 Å². The van der Waals surface area contributed by atoms with Crippen molar-refractivity contribution >= 4 is 0 Å². The smallest absolute Gasteiger partial charge is 0.136 e. The van der Waals surface area contributed by atoms with Crippen LogP contribution in [0.25, 0.3) is 0 Å². The van der Waals surface area contributed by atoms with Crippen LogP contribution >= 0.6 is 0 Å².